The fraction of sp³-hybridized carbons (Fsp3) is 0.200. The lowest BCUT2D eigenvalue weighted by Gasteiger charge is -2.19. The molecule has 1 heterocycles. The Hall–Kier alpha value is -3.29. The molecule has 7 heteroatoms. The number of benzene rings is 3. The van der Waals surface area contributed by atoms with Gasteiger partial charge in [0.05, 0.1) is 18.4 Å². The third-order valence-electron chi connectivity index (χ3n) is 4.77. The molecule has 0 amide bonds. The summed E-state index contributed by atoms with van der Waals surface area (Å²) in [5.41, 5.74) is -0.568. The van der Waals surface area contributed by atoms with Crippen LogP contribution in [0.5, 0.6) is 11.5 Å². The van der Waals surface area contributed by atoms with Crippen molar-refractivity contribution >= 4 is 22.5 Å². The number of aromatic nitrogens is 2. The van der Waals surface area contributed by atoms with Gasteiger partial charge in [0.1, 0.15) is 6.61 Å². The molecule has 0 radical (unpaired) electrons. The number of hydrogen-bond donors (Lipinski definition) is 1. The van der Waals surface area contributed by atoms with Crippen molar-refractivity contribution in [2.45, 2.75) is 29.4 Å². The van der Waals surface area contributed by atoms with Gasteiger partial charge in [-0.15, -0.1) is 0 Å². The van der Waals surface area contributed by atoms with Gasteiger partial charge in [-0.05, 0) is 42.8 Å². The molecule has 32 heavy (non-hydrogen) atoms. The highest BCUT2D eigenvalue weighted by atomic mass is 32.2. The predicted molar refractivity (Wildman–Crippen MR) is 126 cm³/mol. The molecule has 0 atom stereocenters. The van der Waals surface area contributed by atoms with Crippen LogP contribution in [-0.4, -0.2) is 34.0 Å². The first kappa shape index (κ1) is 21.9. The summed E-state index contributed by atoms with van der Waals surface area (Å²) in [6, 6.07) is 19.3. The molecular formula is C25H24N2O4S. The van der Waals surface area contributed by atoms with Crippen LogP contribution in [0.25, 0.3) is 16.5 Å². The Morgan fingerprint density at radius 3 is 2.62 bits per heavy atom. The first-order valence-electron chi connectivity index (χ1n) is 10.1. The fourth-order valence-corrected chi connectivity index (χ4v) is 4.19. The van der Waals surface area contributed by atoms with Crippen LogP contribution in [-0.2, 0) is 0 Å². The average molecular weight is 449 g/mol. The molecule has 1 aromatic heterocycles. The number of hydrogen-bond acceptors (Lipinski definition) is 6. The molecule has 0 aliphatic rings. The van der Waals surface area contributed by atoms with Crippen LogP contribution in [0.2, 0.25) is 0 Å². The van der Waals surface area contributed by atoms with Crippen LogP contribution in [0.1, 0.15) is 13.8 Å². The van der Waals surface area contributed by atoms with Crippen molar-refractivity contribution in [2.24, 2.45) is 0 Å². The molecule has 4 aromatic rings. The summed E-state index contributed by atoms with van der Waals surface area (Å²) in [4.78, 5) is 18.5. The van der Waals surface area contributed by atoms with Gasteiger partial charge in [-0.2, -0.15) is 0 Å². The molecule has 0 fully saturated rings. The summed E-state index contributed by atoms with van der Waals surface area (Å²) in [6.07, 6.45) is 3.24. The molecule has 0 aliphatic carbocycles. The highest BCUT2D eigenvalue weighted by Gasteiger charge is 2.16. The molecular weight excluding hydrogens is 424 g/mol. The molecule has 0 saturated heterocycles. The molecule has 1 N–H and O–H groups in total. The Labute approximate surface area is 190 Å². The second-order valence-electron chi connectivity index (χ2n) is 7.92. The van der Waals surface area contributed by atoms with Crippen molar-refractivity contribution in [2.75, 3.05) is 13.7 Å². The second kappa shape index (κ2) is 9.06. The summed E-state index contributed by atoms with van der Waals surface area (Å²) in [5.74, 6) is 0.963. The SMILES string of the molecule is COc1cc(-n2ccnc(Sc3cccc4ccccc34)c2=O)ccc1OCC(C)(C)O. The maximum atomic E-state index is 13.2. The van der Waals surface area contributed by atoms with Crippen LogP contribution in [0.4, 0.5) is 0 Å². The van der Waals surface area contributed by atoms with E-state index in [4.69, 9.17) is 9.47 Å². The Bertz CT molecular complexity index is 1310. The van der Waals surface area contributed by atoms with Crippen molar-refractivity contribution in [1.82, 2.24) is 9.55 Å². The Morgan fingerprint density at radius 1 is 1.06 bits per heavy atom. The maximum Gasteiger partial charge on any atom is 0.287 e. The molecule has 0 spiro atoms. The summed E-state index contributed by atoms with van der Waals surface area (Å²) in [5, 5.41) is 12.5. The minimum atomic E-state index is -0.973. The van der Waals surface area contributed by atoms with Crippen LogP contribution >= 0.6 is 11.8 Å². The number of methoxy groups -OCH3 is 1. The summed E-state index contributed by atoms with van der Waals surface area (Å²) in [6.45, 7) is 3.45. The average Bonchev–Trinajstić information content (AvgIpc) is 2.79. The standard InChI is InChI=1S/C25H24N2O4S/c1-25(2,29)16-31-20-12-11-18(15-21(20)30-3)27-14-13-26-23(24(27)28)32-22-10-6-8-17-7-4-5-9-19(17)22/h4-15,29H,16H2,1-3H3. The lowest BCUT2D eigenvalue weighted by atomic mass is 10.1. The second-order valence-corrected chi connectivity index (χ2v) is 8.95. The maximum absolute atomic E-state index is 13.2. The smallest absolute Gasteiger partial charge is 0.287 e. The molecule has 0 unspecified atom stereocenters. The topological polar surface area (TPSA) is 73.6 Å². The zero-order valence-corrected chi connectivity index (χ0v) is 18.9. The van der Waals surface area contributed by atoms with E-state index in [2.05, 4.69) is 4.98 Å². The molecule has 0 aliphatic heterocycles. The predicted octanol–water partition coefficient (Wildman–Crippen LogP) is 4.70. The van der Waals surface area contributed by atoms with Gasteiger partial charge in [0, 0.05) is 23.4 Å². The number of ether oxygens (including phenoxy) is 2. The van der Waals surface area contributed by atoms with E-state index in [0.29, 0.717) is 22.2 Å². The van der Waals surface area contributed by atoms with Gasteiger partial charge in [0.15, 0.2) is 16.5 Å². The summed E-state index contributed by atoms with van der Waals surface area (Å²) >= 11 is 1.35. The molecule has 3 aromatic carbocycles. The van der Waals surface area contributed by atoms with Gasteiger partial charge < -0.3 is 14.6 Å². The van der Waals surface area contributed by atoms with Gasteiger partial charge >= 0.3 is 0 Å². The van der Waals surface area contributed by atoms with E-state index in [1.807, 2.05) is 42.5 Å². The van der Waals surface area contributed by atoms with E-state index in [-0.39, 0.29) is 12.2 Å². The zero-order valence-electron chi connectivity index (χ0n) is 18.1. The van der Waals surface area contributed by atoms with Gasteiger partial charge in [-0.3, -0.25) is 9.36 Å². The van der Waals surface area contributed by atoms with Crippen LogP contribution in [0.3, 0.4) is 0 Å². The fourth-order valence-electron chi connectivity index (χ4n) is 3.24. The monoisotopic (exact) mass is 448 g/mol. The Balaban J connectivity index is 1.67. The number of fused-ring (bicyclic) bond motifs is 1. The largest absolute Gasteiger partial charge is 0.493 e. The lowest BCUT2D eigenvalue weighted by Crippen LogP contribution is -2.28. The molecule has 0 saturated carbocycles. The van der Waals surface area contributed by atoms with Crippen molar-refractivity contribution < 1.29 is 14.6 Å². The van der Waals surface area contributed by atoms with E-state index in [0.717, 1.165) is 15.7 Å². The number of nitrogens with zero attached hydrogens (tertiary/aromatic N) is 2. The van der Waals surface area contributed by atoms with E-state index in [9.17, 15) is 9.90 Å². The molecule has 4 rings (SSSR count). The van der Waals surface area contributed by atoms with E-state index < -0.39 is 5.60 Å². The normalized spacial score (nSPS) is 11.5. The van der Waals surface area contributed by atoms with Crippen molar-refractivity contribution in [3.8, 4) is 17.2 Å². The van der Waals surface area contributed by atoms with Gasteiger partial charge in [0.25, 0.3) is 5.56 Å². The van der Waals surface area contributed by atoms with Crippen molar-refractivity contribution in [3.05, 3.63) is 83.4 Å². The van der Waals surface area contributed by atoms with Crippen LogP contribution in [0, 0.1) is 0 Å². The summed E-state index contributed by atoms with van der Waals surface area (Å²) < 4.78 is 12.7. The molecule has 0 bridgehead atoms. The first-order valence-corrected chi connectivity index (χ1v) is 10.9. The highest BCUT2D eigenvalue weighted by molar-refractivity contribution is 7.99. The minimum Gasteiger partial charge on any atom is -0.493 e. The number of rotatable bonds is 7. The third kappa shape index (κ3) is 4.79. The Morgan fingerprint density at radius 2 is 1.84 bits per heavy atom. The van der Waals surface area contributed by atoms with Crippen LogP contribution < -0.4 is 15.0 Å². The van der Waals surface area contributed by atoms with E-state index >= 15 is 0 Å². The third-order valence-corrected chi connectivity index (χ3v) is 5.82. The Kier molecular flexibility index (Phi) is 6.21. The molecule has 164 valence electrons. The van der Waals surface area contributed by atoms with E-state index in [1.165, 1.54) is 23.4 Å². The quantitative estimate of drug-likeness (QED) is 0.442. The van der Waals surface area contributed by atoms with Crippen molar-refractivity contribution in [3.63, 3.8) is 0 Å². The van der Waals surface area contributed by atoms with Crippen LogP contribution in [0.15, 0.2) is 87.8 Å². The van der Waals surface area contributed by atoms with Gasteiger partial charge in [0.2, 0.25) is 0 Å². The zero-order chi connectivity index (χ0) is 22.7. The first-order chi connectivity index (χ1) is 15.4. The highest BCUT2D eigenvalue weighted by Crippen LogP contribution is 2.32. The molecule has 6 nitrogen and oxygen atoms in total. The van der Waals surface area contributed by atoms with E-state index in [1.54, 1.807) is 44.4 Å². The summed E-state index contributed by atoms with van der Waals surface area (Å²) in [7, 11) is 1.53. The van der Waals surface area contributed by atoms with Gasteiger partial charge in [-0.1, -0.05) is 48.2 Å². The van der Waals surface area contributed by atoms with Gasteiger partial charge in [-0.25, -0.2) is 4.98 Å². The number of aliphatic hydroxyl groups is 1. The lowest BCUT2D eigenvalue weighted by molar-refractivity contribution is 0.0276. The van der Waals surface area contributed by atoms with Crippen molar-refractivity contribution in [1.29, 1.82) is 0 Å². The minimum absolute atomic E-state index is 0.115.